The second-order valence-corrected chi connectivity index (χ2v) is 2.97. The van der Waals surface area contributed by atoms with Crippen molar-refractivity contribution in [2.24, 2.45) is 4.99 Å². The molecule has 1 heterocycles. The van der Waals surface area contributed by atoms with E-state index in [4.69, 9.17) is 4.74 Å². The Morgan fingerprint density at radius 2 is 2.13 bits per heavy atom. The highest BCUT2D eigenvalue weighted by Gasteiger charge is 2.05. The zero-order valence-corrected chi connectivity index (χ0v) is 7.97. The number of nitrogens with one attached hydrogen (secondary N) is 1. The van der Waals surface area contributed by atoms with Crippen LogP contribution in [-0.2, 0) is 0 Å². The molecule has 0 amide bonds. The minimum atomic E-state index is 0.0937. The number of nitrogens with zero attached hydrogens (tertiary/aromatic N) is 1. The molecule has 76 valence electrons. The molecule has 0 saturated carbocycles. The normalized spacial score (nSPS) is 14.4. The van der Waals surface area contributed by atoms with Gasteiger partial charge in [-0.2, -0.15) is 0 Å². The average molecular weight is 202 g/mol. The molecule has 0 radical (unpaired) electrons. The van der Waals surface area contributed by atoms with Gasteiger partial charge in [-0.1, -0.05) is 18.7 Å². The van der Waals surface area contributed by atoms with E-state index in [9.17, 15) is 5.11 Å². The van der Waals surface area contributed by atoms with Crippen molar-refractivity contribution in [1.82, 2.24) is 5.32 Å². The molecule has 0 bridgehead atoms. The van der Waals surface area contributed by atoms with Crippen molar-refractivity contribution in [3.63, 3.8) is 0 Å². The van der Waals surface area contributed by atoms with E-state index in [1.807, 2.05) is 0 Å². The van der Waals surface area contributed by atoms with Crippen LogP contribution in [0.1, 0.15) is 0 Å². The Bertz CT molecular complexity index is 450. The lowest BCUT2D eigenvalue weighted by molar-refractivity contribution is 0.396. The van der Waals surface area contributed by atoms with Crippen molar-refractivity contribution in [2.45, 2.75) is 0 Å². The Morgan fingerprint density at radius 1 is 1.33 bits per heavy atom. The molecule has 15 heavy (non-hydrogen) atoms. The lowest BCUT2D eigenvalue weighted by Crippen LogP contribution is -2.12. The summed E-state index contributed by atoms with van der Waals surface area (Å²) in [7, 11) is 0. The Morgan fingerprint density at radius 3 is 2.80 bits per heavy atom. The van der Waals surface area contributed by atoms with Crippen LogP contribution in [0.15, 0.2) is 53.6 Å². The van der Waals surface area contributed by atoms with Crippen LogP contribution in [0, 0.1) is 0 Å². The number of aliphatic imine (C=N–C) groups is 1. The highest BCUT2D eigenvalue weighted by atomic mass is 16.5. The maximum Gasteiger partial charge on any atom is 0.169 e. The summed E-state index contributed by atoms with van der Waals surface area (Å²) in [6, 6.07) is 6.74. The number of benzene rings is 1. The molecule has 0 saturated heterocycles. The predicted molar refractivity (Wildman–Crippen MR) is 57.6 cm³/mol. The standard InChI is InChI=1S/C11H10N2O2/c1-8-12-6-9(7-13-8)15-11-5-3-2-4-10(11)14/h2-7,12,14H,1H2. The molecule has 1 aromatic carbocycles. The summed E-state index contributed by atoms with van der Waals surface area (Å²) >= 11 is 0. The number of para-hydroxylation sites is 2. The number of aromatic hydroxyl groups is 1. The maximum atomic E-state index is 9.46. The SMILES string of the molecule is C=C1N=CC(Oc2ccccc2O)=CN1. The van der Waals surface area contributed by atoms with Gasteiger partial charge in [0.15, 0.2) is 17.3 Å². The number of allylic oxidation sites excluding steroid dienone is 1. The second-order valence-electron chi connectivity index (χ2n) is 2.97. The minimum absolute atomic E-state index is 0.0937. The van der Waals surface area contributed by atoms with E-state index in [0.717, 1.165) is 0 Å². The zero-order valence-electron chi connectivity index (χ0n) is 7.97. The van der Waals surface area contributed by atoms with Gasteiger partial charge in [0.25, 0.3) is 0 Å². The van der Waals surface area contributed by atoms with Gasteiger partial charge in [0.1, 0.15) is 5.82 Å². The lowest BCUT2D eigenvalue weighted by atomic mass is 10.3. The molecule has 2 rings (SSSR count). The van der Waals surface area contributed by atoms with Gasteiger partial charge in [0, 0.05) is 6.20 Å². The van der Waals surface area contributed by atoms with Gasteiger partial charge in [-0.25, -0.2) is 4.99 Å². The average Bonchev–Trinajstić information content (AvgIpc) is 2.25. The summed E-state index contributed by atoms with van der Waals surface area (Å²) in [5.41, 5.74) is 0. The van der Waals surface area contributed by atoms with Crippen LogP contribution in [0.25, 0.3) is 0 Å². The molecule has 0 unspecified atom stereocenters. The topological polar surface area (TPSA) is 53.9 Å². The van der Waals surface area contributed by atoms with E-state index in [1.54, 1.807) is 30.5 Å². The van der Waals surface area contributed by atoms with Crippen molar-refractivity contribution in [3.8, 4) is 11.5 Å². The number of hydrogen-bond donors (Lipinski definition) is 2. The van der Waals surface area contributed by atoms with Crippen LogP contribution >= 0.6 is 0 Å². The molecule has 0 atom stereocenters. The molecular formula is C11H10N2O2. The van der Waals surface area contributed by atoms with Gasteiger partial charge < -0.3 is 15.2 Å². The molecule has 1 aromatic rings. The van der Waals surface area contributed by atoms with Gasteiger partial charge in [0.05, 0.1) is 6.21 Å². The number of phenols is 1. The van der Waals surface area contributed by atoms with Crippen LogP contribution in [0.4, 0.5) is 0 Å². The lowest BCUT2D eigenvalue weighted by Gasteiger charge is -2.11. The van der Waals surface area contributed by atoms with Crippen LogP contribution in [0.5, 0.6) is 11.5 Å². The Hall–Kier alpha value is -2.23. The van der Waals surface area contributed by atoms with Gasteiger partial charge >= 0.3 is 0 Å². The third kappa shape index (κ3) is 2.17. The molecule has 0 spiro atoms. The summed E-state index contributed by atoms with van der Waals surface area (Å²) in [4.78, 5) is 3.93. The molecule has 1 aliphatic heterocycles. The second kappa shape index (κ2) is 3.88. The first-order chi connectivity index (χ1) is 7.25. The monoisotopic (exact) mass is 202 g/mol. The van der Waals surface area contributed by atoms with Gasteiger partial charge in [-0.3, -0.25) is 0 Å². The van der Waals surface area contributed by atoms with E-state index in [2.05, 4.69) is 16.9 Å². The number of ether oxygens (including phenoxy) is 1. The largest absolute Gasteiger partial charge is 0.504 e. The predicted octanol–water partition coefficient (Wildman–Crippen LogP) is 1.76. The summed E-state index contributed by atoms with van der Waals surface area (Å²) < 4.78 is 5.39. The molecule has 4 heteroatoms. The molecule has 0 aliphatic carbocycles. The van der Waals surface area contributed by atoms with Gasteiger partial charge in [-0.05, 0) is 12.1 Å². The summed E-state index contributed by atoms with van der Waals surface area (Å²) in [5.74, 6) is 1.56. The maximum absolute atomic E-state index is 9.46. The Balaban J connectivity index is 2.14. The van der Waals surface area contributed by atoms with Crippen molar-refractivity contribution < 1.29 is 9.84 Å². The van der Waals surface area contributed by atoms with Crippen LogP contribution in [-0.4, -0.2) is 11.3 Å². The molecule has 0 aromatic heterocycles. The fourth-order valence-electron chi connectivity index (χ4n) is 1.10. The Labute approximate surface area is 87.2 Å². The zero-order chi connectivity index (χ0) is 10.7. The highest BCUT2D eigenvalue weighted by Crippen LogP contribution is 2.26. The first kappa shape index (κ1) is 9.33. The number of rotatable bonds is 2. The van der Waals surface area contributed by atoms with Crippen molar-refractivity contribution >= 4 is 6.21 Å². The van der Waals surface area contributed by atoms with Crippen LogP contribution in [0.2, 0.25) is 0 Å². The molecular weight excluding hydrogens is 192 g/mol. The van der Waals surface area contributed by atoms with Gasteiger partial charge in [0.2, 0.25) is 0 Å². The first-order valence-corrected chi connectivity index (χ1v) is 4.41. The number of hydrogen-bond acceptors (Lipinski definition) is 4. The van der Waals surface area contributed by atoms with E-state index >= 15 is 0 Å². The number of phenolic OH excluding ortho intramolecular Hbond substituents is 1. The van der Waals surface area contributed by atoms with E-state index < -0.39 is 0 Å². The summed E-state index contributed by atoms with van der Waals surface area (Å²) in [5, 5.41) is 12.3. The quantitative estimate of drug-likeness (QED) is 0.768. The third-order valence-corrected chi connectivity index (χ3v) is 1.82. The fraction of sp³-hybridized carbons (Fsp3) is 0. The van der Waals surface area contributed by atoms with Crippen molar-refractivity contribution in [3.05, 3.63) is 48.6 Å². The third-order valence-electron chi connectivity index (χ3n) is 1.82. The first-order valence-electron chi connectivity index (χ1n) is 4.41. The molecule has 1 aliphatic rings. The molecule has 2 N–H and O–H groups in total. The van der Waals surface area contributed by atoms with E-state index in [1.165, 1.54) is 6.21 Å². The van der Waals surface area contributed by atoms with Crippen LogP contribution < -0.4 is 10.1 Å². The highest BCUT2D eigenvalue weighted by molar-refractivity contribution is 5.78. The minimum Gasteiger partial charge on any atom is -0.504 e. The van der Waals surface area contributed by atoms with Crippen LogP contribution in [0.3, 0.4) is 0 Å². The van der Waals surface area contributed by atoms with Crippen molar-refractivity contribution in [1.29, 1.82) is 0 Å². The Kier molecular flexibility index (Phi) is 2.41. The van der Waals surface area contributed by atoms with Crippen molar-refractivity contribution in [2.75, 3.05) is 0 Å². The summed E-state index contributed by atoms with van der Waals surface area (Å²) in [6.07, 6.45) is 3.16. The van der Waals surface area contributed by atoms with E-state index in [-0.39, 0.29) is 5.75 Å². The molecule has 4 nitrogen and oxygen atoms in total. The smallest absolute Gasteiger partial charge is 0.169 e. The van der Waals surface area contributed by atoms with E-state index in [0.29, 0.717) is 17.3 Å². The fourth-order valence-corrected chi connectivity index (χ4v) is 1.10. The molecule has 0 fully saturated rings. The van der Waals surface area contributed by atoms with Gasteiger partial charge in [-0.15, -0.1) is 0 Å². The summed E-state index contributed by atoms with van der Waals surface area (Å²) in [6.45, 7) is 3.61.